The molecule has 5 atom stereocenters. The van der Waals surface area contributed by atoms with E-state index in [4.69, 9.17) is 9.47 Å². The first kappa shape index (κ1) is 27.6. The molecule has 0 radical (unpaired) electrons. The van der Waals surface area contributed by atoms with Crippen molar-refractivity contribution in [2.45, 2.75) is 70.5 Å². The first-order chi connectivity index (χ1) is 17.2. The van der Waals surface area contributed by atoms with E-state index in [0.29, 0.717) is 17.8 Å². The molecule has 5 nitrogen and oxygen atoms in total. The van der Waals surface area contributed by atoms with E-state index in [1.54, 1.807) is 26.0 Å². The molecule has 3 aromatic rings. The van der Waals surface area contributed by atoms with E-state index in [2.05, 4.69) is 38.1 Å². The SMILES string of the molecule is CC(O)COc1ccc(C(C)CC(CC(C)c2ccc(O)cc2)c2ccc(OCC(C)O)cc2)cc1. The maximum Gasteiger partial charge on any atom is 0.119 e. The quantitative estimate of drug-likeness (QED) is 0.258. The largest absolute Gasteiger partial charge is 0.508 e. The third-order valence-electron chi connectivity index (χ3n) is 6.52. The number of benzene rings is 3. The topological polar surface area (TPSA) is 79.2 Å². The highest BCUT2D eigenvalue weighted by Gasteiger charge is 2.21. The highest BCUT2D eigenvalue weighted by molar-refractivity contribution is 5.33. The predicted molar refractivity (Wildman–Crippen MR) is 144 cm³/mol. The summed E-state index contributed by atoms with van der Waals surface area (Å²) in [6, 6.07) is 23.9. The predicted octanol–water partition coefficient (Wildman–Crippen LogP) is 6.38. The Morgan fingerprint density at radius 3 is 1.31 bits per heavy atom. The van der Waals surface area contributed by atoms with E-state index < -0.39 is 12.2 Å². The Balaban J connectivity index is 1.75. The van der Waals surface area contributed by atoms with Gasteiger partial charge in [0.2, 0.25) is 0 Å². The second-order valence-electron chi connectivity index (χ2n) is 10.0. The number of hydrogen-bond donors (Lipinski definition) is 3. The molecule has 0 aliphatic rings. The maximum absolute atomic E-state index is 9.68. The van der Waals surface area contributed by atoms with Crippen molar-refractivity contribution >= 4 is 0 Å². The van der Waals surface area contributed by atoms with E-state index in [9.17, 15) is 15.3 Å². The molecule has 36 heavy (non-hydrogen) atoms. The fourth-order valence-electron chi connectivity index (χ4n) is 4.46. The minimum atomic E-state index is -0.506. The molecule has 0 amide bonds. The van der Waals surface area contributed by atoms with Crippen LogP contribution in [0, 0.1) is 0 Å². The molecule has 0 fully saturated rings. The molecule has 0 bridgehead atoms. The molecule has 3 aromatic carbocycles. The molecular formula is C31H40O5. The van der Waals surface area contributed by atoms with Crippen molar-refractivity contribution in [2.24, 2.45) is 0 Å². The van der Waals surface area contributed by atoms with Gasteiger partial charge < -0.3 is 24.8 Å². The van der Waals surface area contributed by atoms with E-state index >= 15 is 0 Å². The lowest BCUT2D eigenvalue weighted by atomic mass is 9.79. The van der Waals surface area contributed by atoms with Crippen molar-refractivity contribution in [1.29, 1.82) is 0 Å². The van der Waals surface area contributed by atoms with Gasteiger partial charge in [0.15, 0.2) is 0 Å². The lowest BCUT2D eigenvalue weighted by Crippen LogP contribution is -2.13. The van der Waals surface area contributed by atoms with Crippen LogP contribution in [-0.4, -0.2) is 40.7 Å². The minimum Gasteiger partial charge on any atom is -0.508 e. The van der Waals surface area contributed by atoms with Crippen molar-refractivity contribution in [3.05, 3.63) is 89.5 Å². The normalized spacial score (nSPS) is 15.5. The summed E-state index contributed by atoms with van der Waals surface area (Å²) in [5.74, 6) is 2.78. The van der Waals surface area contributed by atoms with Crippen molar-refractivity contribution in [3.8, 4) is 17.2 Å². The second kappa shape index (κ2) is 13.3. The molecule has 3 N–H and O–H groups in total. The zero-order valence-corrected chi connectivity index (χ0v) is 21.8. The van der Waals surface area contributed by atoms with Gasteiger partial charge in [0.25, 0.3) is 0 Å². The number of aliphatic hydroxyl groups is 2. The zero-order valence-electron chi connectivity index (χ0n) is 21.8. The molecule has 5 heteroatoms. The van der Waals surface area contributed by atoms with Gasteiger partial charge in [-0.2, -0.15) is 0 Å². The Morgan fingerprint density at radius 1 is 0.556 bits per heavy atom. The van der Waals surface area contributed by atoms with Crippen molar-refractivity contribution in [3.63, 3.8) is 0 Å². The van der Waals surface area contributed by atoms with Crippen LogP contribution in [0.5, 0.6) is 17.2 Å². The van der Waals surface area contributed by atoms with E-state index in [-0.39, 0.29) is 19.0 Å². The maximum atomic E-state index is 9.68. The third-order valence-corrected chi connectivity index (χ3v) is 6.52. The number of ether oxygens (including phenoxy) is 2. The van der Waals surface area contributed by atoms with Gasteiger partial charge in [-0.15, -0.1) is 0 Å². The fraction of sp³-hybridized carbons (Fsp3) is 0.419. The summed E-state index contributed by atoms with van der Waals surface area (Å²) in [6.45, 7) is 8.46. The van der Waals surface area contributed by atoms with E-state index in [0.717, 1.165) is 24.3 Å². The number of rotatable bonds is 13. The standard InChI is InChI=1S/C31H40O5/c1-21(25-5-11-29(34)12-6-25)17-28(27-9-15-31(16-10-27)36-20-24(4)33)18-22(2)26-7-13-30(14-8-26)35-19-23(3)32/h5-16,21-24,28,32-34H,17-20H2,1-4H3. The van der Waals surface area contributed by atoms with Crippen LogP contribution in [0.4, 0.5) is 0 Å². The number of aromatic hydroxyl groups is 1. The average Bonchev–Trinajstić information content (AvgIpc) is 2.86. The van der Waals surface area contributed by atoms with Crippen molar-refractivity contribution in [1.82, 2.24) is 0 Å². The van der Waals surface area contributed by atoms with E-state index in [1.165, 1.54) is 16.7 Å². The Morgan fingerprint density at radius 2 is 0.917 bits per heavy atom. The molecule has 0 saturated carbocycles. The first-order valence-electron chi connectivity index (χ1n) is 12.8. The third kappa shape index (κ3) is 8.58. The Kier molecular flexibility index (Phi) is 10.2. The Bertz CT molecular complexity index is 1030. The first-order valence-corrected chi connectivity index (χ1v) is 12.8. The van der Waals surface area contributed by atoms with Crippen LogP contribution in [0.15, 0.2) is 72.8 Å². The van der Waals surface area contributed by atoms with Crippen molar-refractivity contribution in [2.75, 3.05) is 13.2 Å². The van der Waals surface area contributed by atoms with Gasteiger partial charge in [-0.25, -0.2) is 0 Å². The van der Waals surface area contributed by atoms with Crippen LogP contribution in [0.3, 0.4) is 0 Å². The molecular weight excluding hydrogens is 452 g/mol. The highest BCUT2D eigenvalue weighted by atomic mass is 16.5. The number of aliphatic hydroxyl groups excluding tert-OH is 2. The molecule has 0 saturated heterocycles. The van der Waals surface area contributed by atoms with Crippen LogP contribution in [0.1, 0.15) is 75.0 Å². The summed E-state index contributed by atoms with van der Waals surface area (Å²) in [5.41, 5.74) is 3.72. The van der Waals surface area contributed by atoms with Gasteiger partial charge in [0, 0.05) is 0 Å². The monoisotopic (exact) mass is 492 g/mol. The Labute approximate surface area is 215 Å². The molecule has 0 aliphatic carbocycles. The Hall–Kier alpha value is -3.02. The van der Waals surface area contributed by atoms with E-state index in [1.807, 2.05) is 36.4 Å². The molecule has 0 aliphatic heterocycles. The summed E-state index contributed by atoms with van der Waals surface area (Å²) >= 11 is 0. The number of phenols is 1. The minimum absolute atomic E-state index is 0.272. The van der Waals surface area contributed by atoms with Crippen LogP contribution in [0.25, 0.3) is 0 Å². The average molecular weight is 493 g/mol. The smallest absolute Gasteiger partial charge is 0.119 e. The van der Waals surface area contributed by atoms with Gasteiger partial charge in [-0.3, -0.25) is 0 Å². The summed E-state index contributed by atoms with van der Waals surface area (Å²) in [5, 5.41) is 28.6. The lowest BCUT2D eigenvalue weighted by Gasteiger charge is -2.25. The molecule has 3 rings (SSSR count). The summed E-state index contributed by atoms with van der Waals surface area (Å²) < 4.78 is 11.3. The summed E-state index contributed by atoms with van der Waals surface area (Å²) in [4.78, 5) is 0. The summed E-state index contributed by atoms with van der Waals surface area (Å²) in [6.07, 6.45) is 0.944. The van der Waals surface area contributed by atoms with Gasteiger partial charge in [0.1, 0.15) is 30.5 Å². The van der Waals surface area contributed by atoms with Gasteiger partial charge in [-0.05, 0) is 97.5 Å². The number of hydrogen-bond acceptors (Lipinski definition) is 5. The lowest BCUT2D eigenvalue weighted by molar-refractivity contribution is 0.122. The molecule has 194 valence electrons. The summed E-state index contributed by atoms with van der Waals surface area (Å²) in [7, 11) is 0. The second-order valence-corrected chi connectivity index (χ2v) is 10.0. The molecule has 5 unspecified atom stereocenters. The van der Waals surface area contributed by atoms with Crippen LogP contribution in [0.2, 0.25) is 0 Å². The van der Waals surface area contributed by atoms with Gasteiger partial charge >= 0.3 is 0 Å². The van der Waals surface area contributed by atoms with Crippen LogP contribution in [-0.2, 0) is 0 Å². The number of phenolic OH excluding ortho intramolecular Hbond substituents is 1. The van der Waals surface area contributed by atoms with Crippen LogP contribution >= 0.6 is 0 Å². The molecule has 0 spiro atoms. The highest BCUT2D eigenvalue weighted by Crippen LogP contribution is 2.38. The van der Waals surface area contributed by atoms with Crippen molar-refractivity contribution < 1.29 is 24.8 Å². The zero-order chi connectivity index (χ0) is 26.1. The molecule has 0 aromatic heterocycles. The van der Waals surface area contributed by atoms with Crippen LogP contribution < -0.4 is 9.47 Å². The molecule has 0 heterocycles. The van der Waals surface area contributed by atoms with Gasteiger partial charge in [0.05, 0.1) is 12.2 Å². The van der Waals surface area contributed by atoms with Gasteiger partial charge in [-0.1, -0.05) is 50.2 Å². The fourth-order valence-corrected chi connectivity index (χ4v) is 4.46.